The highest BCUT2D eigenvalue weighted by molar-refractivity contribution is 5.76. The summed E-state index contributed by atoms with van der Waals surface area (Å²) in [6.45, 7) is 4.48. The van der Waals surface area contributed by atoms with Gasteiger partial charge >= 0.3 is 0 Å². The van der Waals surface area contributed by atoms with Crippen LogP contribution in [0.1, 0.15) is 30.9 Å². The second-order valence-electron chi connectivity index (χ2n) is 5.84. The number of nitrogens with zero attached hydrogens (tertiary/aromatic N) is 1. The Balaban J connectivity index is 1.75. The predicted octanol–water partition coefficient (Wildman–Crippen LogP) is 2.36. The Labute approximate surface area is 109 Å². The Morgan fingerprint density at radius 3 is 2.94 bits per heavy atom. The van der Waals surface area contributed by atoms with E-state index in [1.807, 2.05) is 0 Å². The Bertz CT molecular complexity index is 453. The van der Waals surface area contributed by atoms with E-state index < -0.39 is 0 Å². The van der Waals surface area contributed by atoms with Gasteiger partial charge in [0.05, 0.1) is 11.4 Å². The fourth-order valence-corrected chi connectivity index (χ4v) is 3.38. The molecular weight excluding hydrogens is 222 g/mol. The van der Waals surface area contributed by atoms with Gasteiger partial charge in [0.1, 0.15) is 0 Å². The molecule has 3 aliphatic rings. The van der Waals surface area contributed by atoms with Crippen LogP contribution in [0.5, 0.6) is 0 Å². The summed E-state index contributed by atoms with van der Waals surface area (Å²) >= 11 is 0. The first-order valence-corrected chi connectivity index (χ1v) is 7.27. The van der Waals surface area contributed by atoms with E-state index in [1.54, 1.807) is 0 Å². The molecule has 18 heavy (non-hydrogen) atoms. The molecule has 0 spiro atoms. The number of nitrogens with one attached hydrogen (secondary N) is 2. The molecule has 4 rings (SSSR count). The van der Waals surface area contributed by atoms with E-state index >= 15 is 0 Å². The van der Waals surface area contributed by atoms with Gasteiger partial charge in [0.15, 0.2) is 0 Å². The monoisotopic (exact) mass is 243 g/mol. The molecule has 1 aromatic rings. The number of benzene rings is 1. The molecule has 1 unspecified atom stereocenters. The van der Waals surface area contributed by atoms with E-state index in [0.29, 0.717) is 6.04 Å². The van der Waals surface area contributed by atoms with Gasteiger partial charge in [-0.25, -0.2) is 0 Å². The van der Waals surface area contributed by atoms with Crippen LogP contribution in [-0.2, 0) is 0 Å². The molecule has 1 fully saturated rings. The molecule has 0 aromatic heterocycles. The molecule has 1 aromatic carbocycles. The first kappa shape index (κ1) is 10.7. The fourth-order valence-electron chi connectivity index (χ4n) is 3.38. The minimum Gasteiger partial charge on any atom is -0.382 e. The van der Waals surface area contributed by atoms with Gasteiger partial charge in [0.25, 0.3) is 0 Å². The minimum absolute atomic E-state index is 0.567. The normalized spacial score (nSPS) is 26.2. The lowest BCUT2D eigenvalue weighted by atomic mass is 9.97. The van der Waals surface area contributed by atoms with Crippen molar-refractivity contribution in [3.63, 3.8) is 0 Å². The average molecular weight is 243 g/mol. The molecular formula is C15H21N3. The predicted molar refractivity (Wildman–Crippen MR) is 75.2 cm³/mol. The van der Waals surface area contributed by atoms with Crippen LogP contribution in [0.3, 0.4) is 0 Å². The number of anilines is 2. The lowest BCUT2D eigenvalue weighted by Crippen LogP contribution is -2.36. The maximum absolute atomic E-state index is 3.76. The van der Waals surface area contributed by atoms with Crippen molar-refractivity contribution in [1.29, 1.82) is 0 Å². The number of rotatable bonds is 2. The summed E-state index contributed by atoms with van der Waals surface area (Å²) < 4.78 is 0. The van der Waals surface area contributed by atoms with Crippen LogP contribution >= 0.6 is 0 Å². The number of para-hydroxylation sites is 1. The zero-order valence-electron chi connectivity index (χ0n) is 10.8. The van der Waals surface area contributed by atoms with Crippen LogP contribution in [0.2, 0.25) is 0 Å². The first-order chi connectivity index (χ1) is 8.92. The third-order valence-corrected chi connectivity index (χ3v) is 4.49. The van der Waals surface area contributed by atoms with Crippen molar-refractivity contribution in [3.8, 4) is 0 Å². The standard InChI is InChI=1S/C15H21N3/c1-2-12-14(10-11-4-5-11)17-7-9-18-8-6-16-13(3-1)15(12)18/h1-3,11,14,16-17H,4-10H2. The summed E-state index contributed by atoms with van der Waals surface area (Å²) in [6, 6.07) is 7.32. The number of hydrogen-bond acceptors (Lipinski definition) is 3. The summed E-state index contributed by atoms with van der Waals surface area (Å²) in [5.41, 5.74) is 4.33. The fraction of sp³-hybridized carbons (Fsp3) is 0.600. The van der Waals surface area contributed by atoms with E-state index in [1.165, 1.54) is 36.2 Å². The van der Waals surface area contributed by atoms with Gasteiger partial charge in [-0.05, 0) is 24.0 Å². The lowest BCUT2D eigenvalue weighted by Gasteiger charge is -2.32. The van der Waals surface area contributed by atoms with Crippen molar-refractivity contribution in [2.24, 2.45) is 5.92 Å². The Morgan fingerprint density at radius 2 is 2.06 bits per heavy atom. The molecule has 2 aliphatic heterocycles. The van der Waals surface area contributed by atoms with Crippen molar-refractivity contribution >= 4 is 11.4 Å². The molecule has 0 radical (unpaired) electrons. The number of hydrogen-bond donors (Lipinski definition) is 2. The molecule has 1 atom stereocenters. The summed E-state index contributed by atoms with van der Waals surface area (Å²) in [5.74, 6) is 0.974. The zero-order valence-corrected chi connectivity index (χ0v) is 10.8. The smallest absolute Gasteiger partial charge is 0.0651 e. The lowest BCUT2D eigenvalue weighted by molar-refractivity contribution is 0.489. The van der Waals surface area contributed by atoms with E-state index in [-0.39, 0.29) is 0 Å². The quantitative estimate of drug-likeness (QED) is 0.835. The maximum atomic E-state index is 3.76. The van der Waals surface area contributed by atoms with Gasteiger partial charge in [-0.15, -0.1) is 0 Å². The summed E-state index contributed by atoms with van der Waals surface area (Å²) in [7, 11) is 0. The van der Waals surface area contributed by atoms with E-state index in [2.05, 4.69) is 33.7 Å². The van der Waals surface area contributed by atoms with Gasteiger partial charge in [-0.3, -0.25) is 0 Å². The van der Waals surface area contributed by atoms with Gasteiger partial charge in [0.2, 0.25) is 0 Å². The molecule has 0 amide bonds. The Kier molecular flexibility index (Phi) is 2.47. The van der Waals surface area contributed by atoms with E-state index in [4.69, 9.17) is 0 Å². The topological polar surface area (TPSA) is 27.3 Å². The maximum Gasteiger partial charge on any atom is 0.0651 e. The van der Waals surface area contributed by atoms with Gasteiger partial charge in [0, 0.05) is 32.2 Å². The molecule has 2 heterocycles. The molecule has 96 valence electrons. The molecule has 1 aliphatic carbocycles. The van der Waals surface area contributed by atoms with Crippen LogP contribution in [0.4, 0.5) is 11.4 Å². The zero-order chi connectivity index (χ0) is 11.9. The summed E-state index contributed by atoms with van der Waals surface area (Å²) in [4.78, 5) is 2.56. The molecule has 0 bridgehead atoms. The van der Waals surface area contributed by atoms with E-state index in [0.717, 1.165) is 32.1 Å². The van der Waals surface area contributed by atoms with Crippen LogP contribution < -0.4 is 15.5 Å². The molecule has 3 nitrogen and oxygen atoms in total. The highest BCUT2D eigenvalue weighted by Crippen LogP contribution is 2.43. The van der Waals surface area contributed by atoms with Gasteiger partial charge in [-0.1, -0.05) is 25.0 Å². The van der Waals surface area contributed by atoms with Crippen LogP contribution in [-0.4, -0.2) is 26.2 Å². The summed E-state index contributed by atoms with van der Waals surface area (Å²) in [6.07, 6.45) is 4.20. The van der Waals surface area contributed by atoms with Crippen molar-refractivity contribution in [2.75, 3.05) is 36.4 Å². The van der Waals surface area contributed by atoms with Crippen molar-refractivity contribution in [1.82, 2.24) is 5.32 Å². The summed E-state index contributed by atoms with van der Waals surface area (Å²) in [5, 5.41) is 7.31. The van der Waals surface area contributed by atoms with Crippen molar-refractivity contribution in [3.05, 3.63) is 23.8 Å². The Hall–Kier alpha value is -1.22. The van der Waals surface area contributed by atoms with E-state index in [9.17, 15) is 0 Å². The molecule has 2 N–H and O–H groups in total. The second-order valence-corrected chi connectivity index (χ2v) is 5.84. The highest BCUT2D eigenvalue weighted by atomic mass is 15.2. The van der Waals surface area contributed by atoms with Crippen LogP contribution in [0.15, 0.2) is 18.2 Å². The largest absolute Gasteiger partial charge is 0.382 e. The SMILES string of the molecule is c1cc2c3c(c1)C(CC1CC1)NCCN3CCN2. The molecule has 1 saturated carbocycles. The third kappa shape index (κ3) is 1.77. The second kappa shape index (κ2) is 4.16. The molecule has 3 heteroatoms. The first-order valence-electron chi connectivity index (χ1n) is 7.27. The minimum atomic E-state index is 0.567. The van der Waals surface area contributed by atoms with Gasteiger partial charge < -0.3 is 15.5 Å². The van der Waals surface area contributed by atoms with Crippen LogP contribution in [0, 0.1) is 5.92 Å². The molecule has 0 saturated heterocycles. The van der Waals surface area contributed by atoms with Crippen LogP contribution in [0.25, 0.3) is 0 Å². The van der Waals surface area contributed by atoms with Gasteiger partial charge in [-0.2, -0.15) is 0 Å². The van der Waals surface area contributed by atoms with Crippen molar-refractivity contribution < 1.29 is 0 Å². The Morgan fingerprint density at radius 1 is 1.17 bits per heavy atom. The highest BCUT2D eigenvalue weighted by Gasteiger charge is 2.31. The third-order valence-electron chi connectivity index (χ3n) is 4.49. The van der Waals surface area contributed by atoms with Crippen molar-refractivity contribution in [2.45, 2.75) is 25.3 Å². The average Bonchev–Trinajstić information content (AvgIpc) is 3.21.